The van der Waals surface area contributed by atoms with Gasteiger partial charge in [0.05, 0.1) is 4.90 Å². The SMILES string of the molecule is Cc1cc(C(=O)NC2CCCNC2)cc(S(=O)(=O)N2CCC(C)CC2)c1C. The molecule has 1 aromatic rings. The normalized spacial score (nSPS) is 22.6. The van der Waals surface area contributed by atoms with Gasteiger partial charge in [-0.3, -0.25) is 4.79 Å². The maximum atomic E-state index is 13.2. The molecule has 150 valence electrons. The zero-order valence-electron chi connectivity index (χ0n) is 16.5. The number of benzene rings is 1. The van der Waals surface area contributed by atoms with E-state index < -0.39 is 10.0 Å². The largest absolute Gasteiger partial charge is 0.348 e. The Morgan fingerprint density at radius 3 is 2.52 bits per heavy atom. The molecule has 2 saturated heterocycles. The number of sulfonamides is 1. The summed E-state index contributed by atoms with van der Waals surface area (Å²) in [7, 11) is -3.59. The van der Waals surface area contributed by atoms with Crippen molar-refractivity contribution in [2.75, 3.05) is 26.2 Å². The molecule has 3 rings (SSSR count). The molecular formula is C20H31N3O3S. The van der Waals surface area contributed by atoms with E-state index in [9.17, 15) is 13.2 Å². The third-order valence-corrected chi connectivity index (χ3v) is 7.90. The maximum absolute atomic E-state index is 13.2. The van der Waals surface area contributed by atoms with Crippen LogP contribution in [0.2, 0.25) is 0 Å². The first kappa shape index (κ1) is 20.3. The van der Waals surface area contributed by atoms with E-state index in [1.807, 2.05) is 13.8 Å². The van der Waals surface area contributed by atoms with Crippen molar-refractivity contribution < 1.29 is 13.2 Å². The minimum Gasteiger partial charge on any atom is -0.348 e. The highest BCUT2D eigenvalue weighted by Crippen LogP contribution is 2.28. The zero-order valence-corrected chi connectivity index (χ0v) is 17.4. The Morgan fingerprint density at radius 1 is 1.19 bits per heavy atom. The van der Waals surface area contributed by atoms with E-state index in [-0.39, 0.29) is 16.8 Å². The van der Waals surface area contributed by atoms with E-state index in [1.54, 1.807) is 16.4 Å². The molecule has 0 aromatic heterocycles. The number of nitrogens with zero attached hydrogens (tertiary/aromatic N) is 1. The molecule has 27 heavy (non-hydrogen) atoms. The fourth-order valence-corrected chi connectivity index (χ4v) is 5.63. The Hall–Kier alpha value is -1.44. The quantitative estimate of drug-likeness (QED) is 0.822. The second kappa shape index (κ2) is 8.29. The van der Waals surface area contributed by atoms with E-state index in [0.717, 1.165) is 49.9 Å². The highest BCUT2D eigenvalue weighted by molar-refractivity contribution is 7.89. The molecule has 6 nitrogen and oxygen atoms in total. The number of amides is 1. The van der Waals surface area contributed by atoms with E-state index >= 15 is 0 Å². The number of hydrogen-bond donors (Lipinski definition) is 2. The number of rotatable bonds is 4. The number of hydrogen-bond acceptors (Lipinski definition) is 4. The average molecular weight is 394 g/mol. The summed E-state index contributed by atoms with van der Waals surface area (Å²) in [5.41, 5.74) is 1.98. The van der Waals surface area contributed by atoms with Gasteiger partial charge in [-0.15, -0.1) is 0 Å². The molecule has 7 heteroatoms. The molecular weight excluding hydrogens is 362 g/mol. The van der Waals surface area contributed by atoms with Crippen LogP contribution in [-0.2, 0) is 10.0 Å². The van der Waals surface area contributed by atoms with Crippen LogP contribution in [0.1, 0.15) is 54.1 Å². The molecule has 0 radical (unpaired) electrons. The molecule has 1 amide bonds. The van der Waals surface area contributed by atoms with Crippen molar-refractivity contribution in [1.82, 2.24) is 14.9 Å². The fraction of sp³-hybridized carbons (Fsp3) is 0.650. The van der Waals surface area contributed by atoms with Crippen molar-refractivity contribution >= 4 is 15.9 Å². The third-order valence-electron chi connectivity index (χ3n) is 5.87. The Kier molecular flexibility index (Phi) is 6.23. The zero-order chi connectivity index (χ0) is 19.6. The van der Waals surface area contributed by atoms with Gasteiger partial charge in [0.1, 0.15) is 0 Å². The van der Waals surface area contributed by atoms with Gasteiger partial charge in [0.2, 0.25) is 10.0 Å². The first-order chi connectivity index (χ1) is 12.8. The van der Waals surface area contributed by atoms with Crippen molar-refractivity contribution in [1.29, 1.82) is 0 Å². The topological polar surface area (TPSA) is 78.5 Å². The van der Waals surface area contributed by atoms with Crippen molar-refractivity contribution in [3.05, 3.63) is 28.8 Å². The number of piperidine rings is 2. The monoisotopic (exact) mass is 393 g/mol. The lowest BCUT2D eigenvalue weighted by Crippen LogP contribution is -2.45. The van der Waals surface area contributed by atoms with E-state index in [4.69, 9.17) is 0 Å². The van der Waals surface area contributed by atoms with E-state index in [1.165, 1.54) is 0 Å². The highest BCUT2D eigenvalue weighted by atomic mass is 32.2. The third kappa shape index (κ3) is 4.52. The lowest BCUT2D eigenvalue weighted by atomic mass is 10.0. The van der Waals surface area contributed by atoms with Crippen molar-refractivity contribution in [3.63, 3.8) is 0 Å². The van der Waals surface area contributed by atoms with Crippen molar-refractivity contribution in [3.8, 4) is 0 Å². The predicted molar refractivity (Wildman–Crippen MR) is 106 cm³/mol. The Balaban J connectivity index is 1.86. The lowest BCUT2D eigenvalue weighted by molar-refractivity contribution is 0.0930. The van der Waals surface area contributed by atoms with Gasteiger partial charge >= 0.3 is 0 Å². The average Bonchev–Trinajstić information content (AvgIpc) is 2.64. The second-order valence-electron chi connectivity index (χ2n) is 8.02. The van der Waals surface area contributed by atoms with Crippen LogP contribution >= 0.6 is 0 Å². The summed E-state index contributed by atoms with van der Waals surface area (Å²) in [5, 5.41) is 6.31. The van der Waals surface area contributed by atoms with Gasteiger partial charge in [-0.25, -0.2) is 8.42 Å². The Bertz CT molecular complexity index is 793. The fourth-order valence-electron chi connectivity index (χ4n) is 3.83. The van der Waals surface area contributed by atoms with Crippen LogP contribution in [0.4, 0.5) is 0 Å². The molecule has 0 bridgehead atoms. The molecule has 2 aliphatic heterocycles. The first-order valence-corrected chi connectivity index (χ1v) is 11.4. The van der Waals surface area contributed by atoms with Gasteiger partial charge in [-0.1, -0.05) is 6.92 Å². The maximum Gasteiger partial charge on any atom is 0.251 e. The molecule has 2 aliphatic rings. The number of aryl methyl sites for hydroxylation is 1. The molecule has 0 saturated carbocycles. The number of nitrogens with one attached hydrogen (secondary N) is 2. The summed E-state index contributed by atoms with van der Waals surface area (Å²) < 4.78 is 28.0. The number of carbonyl (C=O) groups excluding carboxylic acids is 1. The summed E-state index contributed by atoms with van der Waals surface area (Å²) >= 11 is 0. The van der Waals surface area contributed by atoms with E-state index in [0.29, 0.717) is 24.6 Å². The van der Waals surface area contributed by atoms with Crippen molar-refractivity contribution in [2.24, 2.45) is 5.92 Å². The van der Waals surface area contributed by atoms with Gasteiger partial charge in [0, 0.05) is 31.2 Å². The molecule has 0 spiro atoms. The smallest absolute Gasteiger partial charge is 0.251 e. The molecule has 2 heterocycles. The summed E-state index contributed by atoms with van der Waals surface area (Å²) in [4.78, 5) is 13.0. The highest BCUT2D eigenvalue weighted by Gasteiger charge is 2.30. The molecule has 1 atom stereocenters. The van der Waals surface area contributed by atoms with Gasteiger partial charge < -0.3 is 10.6 Å². The summed E-state index contributed by atoms with van der Waals surface area (Å²) in [6.45, 7) is 8.68. The Labute approximate surface area is 162 Å². The summed E-state index contributed by atoms with van der Waals surface area (Å²) in [5.74, 6) is 0.357. The van der Waals surface area contributed by atoms with E-state index in [2.05, 4.69) is 17.6 Å². The van der Waals surface area contributed by atoms with Crippen LogP contribution in [0.15, 0.2) is 17.0 Å². The minimum absolute atomic E-state index is 0.0940. The standard InChI is InChI=1S/C20H31N3O3S/c1-14-6-9-23(10-7-14)27(25,26)19-12-17(11-15(2)16(19)3)20(24)22-18-5-4-8-21-13-18/h11-12,14,18,21H,4-10,13H2,1-3H3,(H,22,24). The minimum atomic E-state index is -3.59. The molecule has 2 fully saturated rings. The lowest BCUT2D eigenvalue weighted by Gasteiger charge is -2.30. The molecule has 1 aromatic carbocycles. The Morgan fingerprint density at radius 2 is 1.89 bits per heavy atom. The molecule has 2 N–H and O–H groups in total. The second-order valence-corrected chi connectivity index (χ2v) is 9.93. The van der Waals surface area contributed by atoms with Gasteiger partial charge in [-0.05, 0) is 75.3 Å². The summed E-state index contributed by atoms with van der Waals surface area (Å²) in [6, 6.07) is 3.44. The summed E-state index contributed by atoms with van der Waals surface area (Å²) in [6.07, 6.45) is 3.74. The van der Waals surface area contributed by atoms with Crippen LogP contribution in [0, 0.1) is 19.8 Å². The van der Waals surface area contributed by atoms with Crippen LogP contribution in [-0.4, -0.2) is 50.9 Å². The van der Waals surface area contributed by atoms with Gasteiger partial charge in [0.15, 0.2) is 0 Å². The van der Waals surface area contributed by atoms with Crippen LogP contribution in [0.5, 0.6) is 0 Å². The number of carbonyl (C=O) groups is 1. The first-order valence-electron chi connectivity index (χ1n) is 9.92. The van der Waals surface area contributed by atoms with Crippen LogP contribution in [0.3, 0.4) is 0 Å². The van der Waals surface area contributed by atoms with Gasteiger partial charge in [0.25, 0.3) is 5.91 Å². The predicted octanol–water partition coefficient (Wildman–Crippen LogP) is 2.21. The van der Waals surface area contributed by atoms with Crippen LogP contribution < -0.4 is 10.6 Å². The molecule has 1 unspecified atom stereocenters. The van der Waals surface area contributed by atoms with Crippen molar-refractivity contribution in [2.45, 2.75) is 57.4 Å². The van der Waals surface area contributed by atoms with Gasteiger partial charge in [-0.2, -0.15) is 4.31 Å². The molecule has 0 aliphatic carbocycles. The van der Waals surface area contributed by atoms with Crippen LogP contribution in [0.25, 0.3) is 0 Å².